The van der Waals surface area contributed by atoms with Crippen LogP contribution in [0.1, 0.15) is 0 Å². The van der Waals surface area contributed by atoms with E-state index in [1.54, 1.807) is 14.2 Å². The van der Waals surface area contributed by atoms with Gasteiger partial charge in [0.1, 0.15) is 26.4 Å². The molecule has 4 bridgehead atoms. The molecule has 2 aromatic carbocycles. The molecule has 1 aliphatic rings. The molecule has 0 unspecified atom stereocenters. The van der Waals surface area contributed by atoms with Crippen molar-refractivity contribution in [1.29, 1.82) is 0 Å². The molecule has 12 heteroatoms. The number of benzene rings is 2. The summed E-state index contributed by atoms with van der Waals surface area (Å²) in [4.78, 5) is 0. The molecule has 1 aliphatic heterocycles. The van der Waals surface area contributed by atoms with Gasteiger partial charge in [-0.3, -0.25) is 0 Å². The van der Waals surface area contributed by atoms with Gasteiger partial charge in [0.05, 0.1) is 93.5 Å². The Morgan fingerprint density at radius 2 is 0.571 bits per heavy atom. The number of fused-ring (bicyclic) bond motifs is 4. The van der Waals surface area contributed by atoms with Crippen molar-refractivity contribution >= 4 is 0 Å². The van der Waals surface area contributed by atoms with Gasteiger partial charge in [0.15, 0.2) is 23.0 Å². The van der Waals surface area contributed by atoms with Gasteiger partial charge in [-0.15, -0.1) is 0 Å². The third kappa shape index (κ3) is 12.9. The quantitative estimate of drug-likeness (QED) is 0.508. The van der Waals surface area contributed by atoms with Crippen molar-refractivity contribution in [2.75, 3.05) is 120 Å². The SMILES string of the molecule is COc1c2cccc1OCCOCCOCCOCCOc1cccc(c1OC)OCCOCCOCCOCCO2. The molecule has 0 amide bonds. The van der Waals surface area contributed by atoms with Crippen LogP contribution in [0.5, 0.6) is 34.5 Å². The van der Waals surface area contributed by atoms with E-state index in [1.165, 1.54) is 0 Å². The smallest absolute Gasteiger partial charge is 0.203 e. The standard InChI is InChI=1S/C30H44O12/c1-31-29-25-5-3-6-26(29)40-22-18-36-14-10-34-12-16-38-20-24-42-28-8-4-7-27(30(28)32-2)41-23-19-37-15-11-33-9-13-35-17-21-39-25/h3-8H,9-24H2,1-2H3. The fourth-order valence-corrected chi connectivity index (χ4v) is 3.77. The highest BCUT2D eigenvalue weighted by molar-refractivity contribution is 5.51. The zero-order chi connectivity index (χ0) is 29.5. The molecule has 0 aliphatic carbocycles. The fraction of sp³-hybridized carbons (Fsp3) is 0.600. The van der Waals surface area contributed by atoms with E-state index in [2.05, 4.69) is 0 Å². The lowest BCUT2D eigenvalue weighted by Gasteiger charge is -2.15. The van der Waals surface area contributed by atoms with Gasteiger partial charge in [-0.2, -0.15) is 0 Å². The van der Waals surface area contributed by atoms with Crippen LogP contribution in [0.3, 0.4) is 0 Å². The molecule has 3 rings (SSSR count). The summed E-state index contributed by atoms with van der Waals surface area (Å²) < 4.78 is 67.8. The summed E-state index contributed by atoms with van der Waals surface area (Å²) in [6.07, 6.45) is 0. The van der Waals surface area contributed by atoms with E-state index in [0.717, 1.165) is 0 Å². The minimum absolute atomic E-state index is 0.358. The van der Waals surface area contributed by atoms with Gasteiger partial charge < -0.3 is 56.8 Å². The van der Waals surface area contributed by atoms with Gasteiger partial charge in [0.2, 0.25) is 11.5 Å². The summed E-state index contributed by atoms with van der Waals surface area (Å²) in [6, 6.07) is 11.0. The van der Waals surface area contributed by atoms with Gasteiger partial charge in [0.25, 0.3) is 0 Å². The van der Waals surface area contributed by atoms with Crippen LogP contribution in [0.2, 0.25) is 0 Å². The lowest BCUT2D eigenvalue weighted by molar-refractivity contribution is 0.00392. The summed E-state index contributed by atoms with van der Waals surface area (Å²) >= 11 is 0. The first-order chi connectivity index (χ1) is 20.8. The third-order valence-electron chi connectivity index (χ3n) is 5.72. The molecule has 236 valence electrons. The summed E-state index contributed by atoms with van der Waals surface area (Å²) in [5.74, 6) is 3.37. The van der Waals surface area contributed by atoms with Crippen LogP contribution in [0.4, 0.5) is 0 Å². The molecule has 0 aromatic heterocycles. The van der Waals surface area contributed by atoms with E-state index in [4.69, 9.17) is 56.8 Å². The predicted octanol–water partition coefficient (Wildman–Crippen LogP) is 3.03. The largest absolute Gasteiger partial charge is 0.490 e. The number of hydrogen-bond donors (Lipinski definition) is 0. The van der Waals surface area contributed by atoms with E-state index < -0.39 is 0 Å². The minimum atomic E-state index is 0.358. The predicted molar refractivity (Wildman–Crippen MR) is 153 cm³/mol. The highest BCUT2D eigenvalue weighted by Crippen LogP contribution is 2.37. The molecule has 1 heterocycles. The summed E-state index contributed by atoms with van der Waals surface area (Å²) in [6.45, 7) is 6.66. The Bertz CT molecular complexity index is 831. The van der Waals surface area contributed by atoms with E-state index in [-0.39, 0.29) is 0 Å². The Kier molecular flexibility index (Phi) is 17.3. The van der Waals surface area contributed by atoms with Gasteiger partial charge in [0, 0.05) is 0 Å². The molecule has 0 N–H and O–H groups in total. The first kappa shape index (κ1) is 33.5. The molecular formula is C30H44O12. The summed E-state index contributed by atoms with van der Waals surface area (Å²) in [5, 5.41) is 0. The van der Waals surface area contributed by atoms with Crippen LogP contribution in [0, 0.1) is 0 Å². The third-order valence-corrected chi connectivity index (χ3v) is 5.72. The first-order valence-electron chi connectivity index (χ1n) is 14.1. The number of rotatable bonds is 2. The minimum Gasteiger partial charge on any atom is -0.490 e. The Labute approximate surface area is 247 Å². The molecule has 42 heavy (non-hydrogen) atoms. The number of para-hydroxylation sites is 2. The average Bonchev–Trinajstić information content (AvgIpc) is 3.01. The van der Waals surface area contributed by atoms with E-state index >= 15 is 0 Å². The lowest BCUT2D eigenvalue weighted by Crippen LogP contribution is -2.15. The van der Waals surface area contributed by atoms with E-state index in [0.29, 0.717) is 140 Å². The van der Waals surface area contributed by atoms with Crippen molar-refractivity contribution in [1.82, 2.24) is 0 Å². The normalized spacial score (nSPS) is 18.3. The highest BCUT2D eigenvalue weighted by Gasteiger charge is 2.13. The van der Waals surface area contributed by atoms with Crippen molar-refractivity contribution < 1.29 is 56.8 Å². The van der Waals surface area contributed by atoms with E-state index in [9.17, 15) is 0 Å². The Morgan fingerprint density at radius 3 is 0.786 bits per heavy atom. The fourth-order valence-electron chi connectivity index (χ4n) is 3.77. The lowest BCUT2D eigenvalue weighted by atomic mass is 10.3. The Balaban J connectivity index is 1.43. The van der Waals surface area contributed by atoms with Crippen LogP contribution >= 0.6 is 0 Å². The van der Waals surface area contributed by atoms with Crippen molar-refractivity contribution in [3.05, 3.63) is 36.4 Å². The zero-order valence-corrected chi connectivity index (χ0v) is 24.7. The Hall–Kier alpha value is -3.00. The number of hydrogen-bond acceptors (Lipinski definition) is 12. The second kappa shape index (κ2) is 21.7. The summed E-state index contributed by atoms with van der Waals surface area (Å²) in [5.41, 5.74) is 0. The van der Waals surface area contributed by atoms with Crippen LogP contribution in [0.25, 0.3) is 0 Å². The molecule has 2 aromatic rings. The van der Waals surface area contributed by atoms with Crippen LogP contribution in [-0.4, -0.2) is 120 Å². The molecule has 0 atom stereocenters. The first-order valence-corrected chi connectivity index (χ1v) is 14.1. The maximum Gasteiger partial charge on any atom is 0.203 e. The molecular weight excluding hydrogens is 552 g/mol. The van der Waals surface area contributed by atoms with Gasteiger partial charge in [-0.1, -0.05) is 12.1 Å². The topological polar surface area (TPSA) is 111 Å². The summed E-state index contributed by atoms with van der Waals surface area (Å²) in [7, 11) is 3.15. The van der Waals surface area contributed by atoms with Crippen molar-refractivity contribution in [2.45, 2.75) is 0 Å². The number of methoxy groups -OCH3 is 2. The maximum absolute atomic E-state index is 5.83. The van der Waals surface area contributed by atoms with Gasteiger partial charge in [-0.05, 0) is 24.3 Å². The second-order valence-electron chi connectivity index (χ2n) is 8.64. The van der Waals surface area contributed by atoms with Gasteiger partial charge in [-0.25, -0.2) is 0 Å². The Morgan fingerprint density at radius 1 is 0.357 bits per heavy atom. The van der Waals surface area contributed by atoms with Crippen molar-refractivity contribution in [2.24, 2.45) is 0 Å². The monoisotopic (exact) mass is 596 g/mol. The second-order valence-corrected chi connectivity index (χ2v) is 8.64. The molecule has 12 nitrogen and oxygen atoms in total. The zero-order valence-electron chi connectivity index (χ0n) is 24.7. The van der Waals surface area contributed by atoms with Crippen LogP contribution in [-0.2, 0) is 28.4 Å². The molecule has 0 fully saturated rings. The van der Waals surface area contributed by atoms with Crippen LogP contribution in [0.15, 0.2) is 36.4 Å². The van der Waals surface area contributed by atoms with E-state index in [1.807, 2.05) is 36.4 Å². The highest BCUT2D eigenvalue weighted by atomic mass is 16.6. The van der Waals surface area contributed by atoms with Crippen LogP contribution < -0.4 is 28.4 Å². The molecule has 0 saturated carbocycles. The number of ether oxygens (including phenoxy) is 12. The molecule has 0 spiro atoms. The van der Waals surface area contributed by atoms with Crippen molar-refractivity contribution in [3.63, 3.8) is 0 Å². The van der Waals surface area contributed by atoms with Crippen molar-refractivity contribution in [3.8, 4) is 34.5 Å². The maximum atomic E-state index is 5.83. The molecule has 0 radical (unpaired) electrons. The average molecular weight is 597 g/mol. The molecule has 0 saturated heterocycles. The van der Waals surface area contributed by atoms with Gasteiger partial charge >= 0.3 is 0 Å².